The minimum Gasteiger partial charge on any atom is -0.468 e. The van der Waals surface area contributed by atoms with E-state index in [1.807, 2.05) is 6.92 Å². The van der Waals surface area contributed by atoms with Gasteiger partial charge in [0.25, 0.3) is 0 Å². The van der Waals surface area contributed by atoms with E-state index in [0.717, 1.165) is 6.42 Å². The van der Waals surface area contributed by atoms with Crippen LogP contribution in [0.15, 0.2) is 0 Å². The van der Waals surface area contributed by atoms with Gasteiger partial charge < -0.3 is 4.74 Å². The number of esters is 1. The molecule has 0 heterocycles. The second-order valence-electron chi connectivity index (χ2n) is 3.14. The van der Waals surface area contributed by atoms with Crippen LogP contribution in [0.2, 0.25) is 0 Å². The first-order chi connectivity index (χ1) is 6.54. The third kappa shape index (κ3) is 3.68. The van der Waals surface area contributed by atoms with Crippen molar-refractivity contribution in [2.24, 2.45) is 5.92 Å². The Hall–Kier alpha value is -1.19. The average Bonchev–Trinajstić information content (AvgIpc) is 2.14. The van der Waals surface area contributed by atoms with Gasteiger partial charge in [0.05, 0.1) is 7.11 Å². The topological polar surface area (TPSA) is 60.4 Å². The number of carbonyl (C=O) groups is 3. The fourth-order valence-electron chi connectivity index (χ4n) is 1.14. The van der Waals surface area contributed by atoms with Crippen LogP contribution in [-0.2, 0) is 19.1 Å². The molecular weight excluding hydrogens is 184 g/mol. The minimum absolute atomic E-state index is 0.260. The van der Waals surface area contributed by atoms with Gasteiger partial charge in [-0.2, -0.15) is 0 Å². The number of methoxy groups -OCH3 is 1. The second kappa shape index (κ2) is 6.29. The summed E-state index contributed by atoms with van der Waals surface area (Å²) in [6, 6.07) is 0. The highest BCUT2D eigenvalue weighted by molar-refractivity contribution is 6.16. The van der Waals surface area contributed by atoms with Gasteiger partial charge in [-0.1, -0.05) is 13.3 Å². The van der Waals surface area contributed by atoms with Crippen LogP contribution < -0.4 is 0 Å². The summed E-state index contributed by atoms with van der Waals surface area (Å²) in [7, 11) is 1.17. The molecule has 4 heteroatoms. The molecule has 0 aliphatic heterocycles. The van der Waals surface area contributed by atoms with Crippen LogP contribution in [0.3, 0.4) is 0 Å². The smallest absolute Gasteiger partial charge is 0.323 e. The van der Waals surface area contributed by atoms with Crippen molar-refractivity contribution in [1.29, 1.82) is 0 Å². The Morgan fingerprint density at radius 1 is 1.29 bits per heavy atom. The maximum atomic E-state index is 11.4. The Labute approximate surface area is 83.6 Å². The fraction of sp³-hybridized carbons (Fsp3) is 0.700. The molecule has 0 radical (unpaired) electrons. The highest BCUT2D eigenvalue weighted by Crippen LogP contribution is 2.08. The molecule has 0 aromatic carbocycles. The molecule has 0 aliphatic rings. The second-order valence-corrected chi connectivity index (χ2v) is 3.14. The molecular formula is C10H16O4. The summed E-state index contributed by atoms with van der Waals surface area (Å²) < 4.78 is 4.39. The Morgan fingerprint density at radius 2 is 1.86 bits per heavy atom. The van der Waals surface area contributed by atoms with Crippen molar-refractivity contribution in [3.63, 3.8) is 0 Å². The molecule has 0 N–H and O–H groups in total. The lowest BCUT2D eigenvalue weighted by Crippen LogP contribution is -2.31. The van der Waals surface area contributed by atoms with E-state index in [2.05, 4.69) is 4.74 Å². The van der Waals surface area contributed by atoms with Crippen molar-refractivity contribution in [3.8, 4) is 0 Å². The predicted octanol–water partition coefficient (Wildman–Crippen LogP) is 1.12. The molecule has 0 spiro atoms. The average molecular weight is 200 g/mol. The zero-order valence-electron chi connectivity index (χ0n) is 8.83. The highest BCUT2D eigenvalue weighted by Gasteiger charge is 2.30. The van der Waals surface area contributed by atoms with Crippen LogP contribution in [-0.4, -0.2) is 24.6 Å². The number of ketones is 2. The van der Waals surface area contributed by atoms with Crippen molar-refractivity contribution in [2.45, 2.75) is 33.1 Å². The van der Waals surface area contributed by atoms with E-state index in [9.17, 15) is 14.4 Å². The molecule has 1 unspecified atom stereocenters. The maximum absolute atomic E-state index is 11.4. The van der Waals surface area contributed by atoms with Crippen molar-refractivity contribution in [2.75, 3.05) is 7.11 Å². The molecule has 1 atom stereocenters. The molecule has 80 valence electrons. The Morgan fingerprint density at radius 3 is 2.21 bits per heavy atom. The molecule has 0 saturated heterocycles. The van der Waals surface area contributed by atoms with E-state index >= 15 is 0 Å². The molecule has 4 nitrogen and oxygen atoms in total. The van der Waals surface area contributed by atoms with E-state index in [4.69, 9.17) is 0 Å². The first kappa shape index (κ1) is 12.8. The van der Waals surface area contributed by atoms with Crippen molar-refractivity contribution in [3.05, 3.63) is 0 Å². The van der Waals surface area contributed by atoms with Gasteiger partial charge in [-0.05, 0) is 13.3 Å². The number of rotatable bonds is 6. The van der Waals surface area contributed by atoms with Crippen molar-refractivity contribution in [1.82, 2.24) is 0 Å². The molecule has 0 amide bonds. The Balaban J connectivity index is 4.42. The number of hydrogen-bond donors (Lipinski definition) is 0. The predicted molar refractivity (Wildman–Crippen MR) is 50.7 cm³/mol. The molecule has 0 rings (SSSR count). The van der Waals surface area contributed by atoms with Gasteiger partial charge in [-0.15, -0.1) is 0 Å². The van der Waals surface area contributed by atoms with Crippen molar-refractivity contribution < 1.29 is 19.1 Å². The van der Waals surface area contributed by atoms with Crippen LogP contribution in [0, 0.1) is 5.92 Å². The van der Waals surface area contributed by atoms with E-state index in [0.29, 0.717) is 6.42 Å². The number of hydrogen-bond acceptors (Lipinski definition) is 4. The number of ether oxygens (including phenoxy) is 1. The van der Waals surface area contributed by atoms with Crippen LogP contribution in [0.4, 0.5) is 0 Å². The number of unbranched alkanes of at least 4 members (excludes halogenated alkanes) is 1. The quantitative estimate of drug-likeness (QED) is 0.476. The van der Waals surface area contributed by atoms with E-state index in [1.165, 1.54) is 14.0 Å². The van der Waals surface area contributed by atoms with Crippen molar-refractivity contribution >= 4 is 17.5 Å². The van der Waals surface area contributed by atoms with Crippen LogP contribution in [0.5, 0.6) is 0 Å². The van der Waals surface area contributed by atoms with E-state index in [-0.39, 0.29) is 12.2 Å². The highest BCUT2D eigenvalue weighted by atomic mass is 16.5. The maximum Gasteiger partial charge on any atom is 0.323 e. The Kier molecular flexibility index (Phi) is 5.76. The first-order valence-electron chi connectivity index (χ1n) is 4.65. The minimum atomic E-state index is -1.22. The van der Waals surface area contributed by atoms with Crippen LogP contribution in [0.1, 0.15) is 33.1 Å². The summed E-state index contributed by atoms with van der Waals surface area (Å²) in [5.74, 6) is -2.76. The van der Waals surface area contributed by atoms with Gasteiger partial charge in [-0.3, -0.25) is 14.4 Å². The zero-order chi connectivity index (χ0) is 11.1. The van der Waals surface area contributed by atoms with E-state index in [1.54, 1.807) is 0 Å². The van der Waals surface area contributed by atoms with Gasteiger partial charge in [-0.25, -0.2) is 0 Å². The van der Waals surface area contributed by atoms with Gasteiger partial charge in [0.1, 0.15) is 0 Å². The standard InChI is InChI=1S/C10H16O4/c1-4-5-6-8(12)9(7(2)11)10(13)14-3/h9H,4-6H2,1-3H3. The molecule has 0 fully saturated rings. The molecule has 0 aromatic heterocycles. The van der Waals surface area contributed by atoms with E-state index < -0.39 is 17.7 Å². The third-order valence-corrected chi connectivity index (χ3v) is 1.94. The van der Waals surface area contributed by atoms with Crippen LogP contribution >= 0.6 is 0 Å². The van der Waals surface area contributed by atoms with Gasteiger partial charge in [0, 0.05) is 6.42 Å². The normalized spacial score (nSPS) is 11.9. The lowest BCUT2D eigenvalue weighted by molar-refractivity contribution is -0.152. The van der Waals surface area contributed by atoms with Crippen LogP contribution in [0.25, 0.3) is 0 Å². The van der Waals surface area contributed by atoms with Gasteiger partial charge in [0.2, 0.25) is 0 Å². The molecule has 0 saturated carbocycles. The third-order valence-electron chi connectivity index (χ3n) is 1.94. The SMILES string of the molecule is CCCCC(=O)C(C(C)=O)C(=O)OC. The zero-order valence-corrected chi connectivity index (χ0v) is 8.83. The summed E-state index contributed by atoms with van der Waals surface area (Å²) in [6.07, 6.45) is 1.81. The lowest BCUT2D eigenvalue weighted by Gasteiger charge is -2.09. The Bertz CT molecular complexity index is 232. The van der Waals surface area contributed by atoms with Gasteiger partial charge in [0.15, 0.2) is 17.5 Å². The van der Waals surface area contributed by atoms with Gasteiger partial charge >= 0.3 is 5.97 Å². The summed E-state index contributed by atoms with van der Waals surface area (Å²) in [5, 5.41) is 0. The molecule has 0 aliphatic carbocycles. The summed E-state index contributed by atoms with van der Waals surface area (Å²) in [4.78, 5) is 33.5. The first-order valence-corrected chi connectivity index (χ1v) is 4.65. The number of carbonyl (C=O) groups excluding carboxylic acids is 3. The largest absolute Gasteiger partial charge is 0.468 e. The molecule has 0 aromatic rings. The lowest BCUT2D eigenvalue weighted by atomic mass is 9.96. The molecule has 0 bridgehead atoms. The molecule has 14 heavy (non-hydrogen) atoms. The number of Topliss-reactive ketones (excluding diaryl/α,β-unsaturated/α-hetero) is 2. The summed E-state index contributed by atoms with van der Waals surface area (Å²) in [6.45, 7) is 3.17. The fourth-order valence-corrected chi connectivity index (χ4v) is 1.14. The summed E-state index contributed by atoms with van der Waals surface area (Å²) in [5.41, 5.74) is 0. The monoisotopic (exact) mass is 200 g/mol. The summed E-state index contributed by atoms with van der Waals surface area (Å²) >= 11 is 0.